The summed E-state index contributed by atoms with van der Waals surface area (Å²) in [7, 11) is -10.8. The Morgan fingerprint density at radius 3 is 0.795 bits per heavy atom. The smallest absolute Gasteiger partial charge is 0.317 e. The summed E-state index contributed by atoms with van der Waals surface area (Å²) >= 11 is 0. The molecule has 0 aromatic rings. The zero-order valence-corrected chi connectivity index (χ0v) is 31.4. The van der Waals surface area contributed by atoms with Gasteiger partial charge in [0.1, 0.15) is 24.4 Å². The third kappa shape index (κ3) is 13.9. The Kier molecular flexibility index (Phi) is 13.5. The first-order chi connectivity index (χ1) is 21.1. The summed E-state index contributed by atoms with van der Waals surface area (Å²) in [4.78, 5) is 0. The van der Waals surface area contributed by atoms with Gasteiger partial charge in [-0.3, -0.25) is 0 Å². The van der Waals surface area contributed by atoms with Crippen LogP contribution in [0.4, 0.5) is 0 Å². The first-order valence-corrected chi connectivity index (χ1v) is 26.8. The Morgan fingerprint density at radius 2 is 0.614 bits per heavy atom. The van der Waals surface area contributed by atoms with Crippen molar-refractivity contribution in [2.24, 2.45) is 0 Å². The highest BCUT2D eigenvalue weighted by atomic mass is 28.5. The lowest BCUT2D eigenvalue weighted by Crippen LogP contribution is -2.67. The molecule has 4 atom stereocenters. The van der Waals surface area contributed by atoms with Gasteiger partial charge in [0.05, 0.1) is 52.9 Å². The minimum atomic E-state index is -2.69. The van der Waals surface area contributed by atoms with Gasteiger partial charge in [0.2, 0.25) is 0 Å². The van der Waals surface area contributed by atoms with Crippen LogP contribution >= 0.6 is 0 Å². The third-order valence-electron chi connectivity index (χ3n) is 8.23. The van der Waals surface area contributed by atoms with E-state index < -0.39 is 34.2 Å². The summed E-state index contributed by atoms with van der Waals surface area (Å²) in [5.74, 6) is 0. The molecule has 256 valence electrons. The first-order valence-electron chi connectivity index (χ1n) is 16.7. The van der Waals surface area contributed by atoms with Crippen molar-refractivity contribution in [3.8, 4) is 0 Å². The average Bonchev–Trinajstić information content (AvgIpc) is 3.77. The van der Waals surface area contributed by atoms with E-state index in [1.807, 2.05) is 0 Å². The molecule has 0 unspecified atom stereocenters. The summed E-state index contributed by atoms with van der Waals surface area (Å²) in [6.45, 7) is 17.3. The lowest BCUT2D eigenvalue weighted by Gasteiger charge is -2.50. The van der Waals surface area contributed by atoms with Crippen LogP contribution in [0.3, 0.4) is 0 Å². The molecule has 0 saturated carbocycles. The van der Waals surface area contributed by atoms with Crippen molar-refractivity contribution < 1.29 is 54.4 Å². The largest absolute Gasteiger partial charge is 0.416 e. The first kappa shape index (κ1) is 35.7. The molecule has 5 aliphatic rings. The van der Waals surface area contributed by atoms with Crippen LogP contribution in [0.25, 0.3) is 0 Å². The Bertz CT molecular complexity index is 714. The van der Waals surface area contributed by atoms with Crippen molar-refractivity contribution in [1.82, 2.24) is 0 Å². The molecular weight excluding hydrogens is 641 g/mol. The van der Waals surface area contributed by atoms with Crippen LogP contribution in [0, 0.1) is 0 Å². The van der Waals surface area contributed by atoms with Crippen LogP contribution in [0.1, 0.15) is 25.7 Å². The molecule has 0 radical (unpaired) electrons. The SMILES string of the molecule is C[Si]1(CCCOC[C@@H]2CO2)O[Si](C)(CCCOC[C@@H]2CO2)O[Si](C)(CCCOC[C@@H]2CO2)O[Si](C)(CCCOC[C@@H]2CO2)O1. The fraction of sp³-hybridized carbons (Fsp3) is 1.00. The molecular formula is C28H56O12Si4. The summed E-state index contributed by atoms with van der Waals surface area (Å²) in [5, 5.41) is 0. The van der Waals surface area contributed by atoms with Gasteiger partial charge in [0.15, 0.2) is 0 Å². The van der Waals surface area contributed by atoms with Gasteiger partial charge in [0.25, 0.3) is 0 Å². The highest BCUT2D eigenvalue weighted by Gasteiger charge is 2.56. The number of rotatable bonds is 24. The normalized spacial score (nSPS) is 39.5. The van der Waals surface area contributed by atoms with Gasteiger partial charge in [-0.2, -0.15) is 0 Å². The van der Waals surface area contributed by atoms with Gasteiger partial charge in [-0.25, -0.2) is 0 Å². The predicted octanol–water partition coefficient (Wildman–Crippen LogP) is 3.58. The summed E-state index contributed by atoms with van der Waals surface area (Å²) in [6, 6.07) is 3.32. The van der Waals surface area contributed by atoms with Crippen LogP contribution in [-0.4, -0.2) is 138 Å². The fourth-order valence-electron chi connectivity index (χ4n) is 5.82. The number of hydrogen-bond donors (Lipinski definition) is 0. The Balaban J connectivity index is 1.22. The molecule has 5 rings (SSSR count). The van der Waals surface area contributed by atoms with Gasteiger partial charge in [-0.1, -0.05) is 0 Å². The molecule has 0 amide bonds. The van der Waals surface area contributed by atoms with Crippen LogP contribution in [0.5, 0.6) is 0 Å². The topological polar surface area (TPSA) is 124 Å². The Hall–Kier alpha value is 0.388. The summed E-state index contributed by atoms with van der Waals surface area (Å²) in [6.07, 6.45) is 4.55. The van der Waals surface area contributed by atoms with Crippen LogP contribution in [-0.2, 0) is 54.4 Å². The molecule has 0 N–H and O–H groups in total. The van der Waals surface area contributed by atoms with Crippen molar-refractivity contribution in [1.29, 1.82) is 0 Å². The minimum absolute atomic E-state index is 0.266. The molecule has 0 aromatic heterocycles. The number of epoxide rings is 4. The molecule has 0 aliphatic carbocycles. The maximum absolute atomic E-state index is 7.24. The van der Waals surface area contributed by atoms with E-state index in [0.717, 1.165) is 76.3 Å². The second-order valence-electron chi connectivity index (χ2n) is 13.5. The second-order valence-corrected chi connectivity index (χ2v) is 27.8. The number of ether oxygens (including phenoxy) is 8. The predicted molar refractivity (Wildman–Crippen MR) is 171 cm³/mol. The lowest BCUT2D eigenvalue weighted by atomic mass is 10.5. The monoisotopic (exact) mass is 696 g/mol. The third-order valence-corrected chi connectivity index (χ3v) is 27.1. The standard InChI is InChI=1S/C28H56O12Si4/c1-41(13-5-9-29-17-25-21-33-25)37-42(2,14-6-10-30-18-26-22-34-26)39-44(4,16-8-12-32-20-28-24-36-28)40-43(3,38-41)15-7-11-31-19-27-23-35-27/h25-28H,5-24H2,1-4H3/t25-,26-,27-,28-,41?,42?,43?,44?/m1/s1. The van der Waals surface area contributed by atoms with Crippen molar-refractivity contribution in [3.05, 3.63) is 0 Å². The van der Waals surface area contributed by atoms with E-state index in [0.29, 0.717) is 52.9 Å². The van der Waals surface area contributed by atoms with Gasteiger partial charge in [-0.05, 0) is 76.0 Å². The maximum atomic E-state index is 7.24. The molecule has 0 aromatic carbocycles. The van der Waals surface area contributed by atoms with E-state index in [-0.39, 0.29) is 24.4 Å². The van der Waals surface area contributed by atoms with Crippen LogP contribution in [0.2, 0.25) is 50.4 Å². The minimum Gasteiger partial charge on any atom is -0.416 e. The van der Waals surface area contributed by atoms with Crippen molar-refractivity contribution in [2.75, 3.05) is 79.3 Å². The van der Waals surface area contributed by atoms with Crippen molar-refractivity contribution in [3.63, 3.8) is 0 Å². The Morgan fingerprint density at radius 1 is 0.409 bits per heavy atom. The van der Waals surface area contributed by atoms with Gasteiger partial charge in [0, 0.05) is 26.4 Å². The molecule has 12 nitrogen and oxygen atoms in total. The lowest BCUT2D eigenvalue weighted by molar-refractivity contribution is 0.111. The molecule has 16 heteroatoms. The molecule has 0 bridgehead atoms. The van der Waals surface area contributed by atoms with Crippen molar-refractivity contribution >= 4 is 34.2 Å². The number of hydrogen-bond acceptors (Lipinski definition) is 12. The fourth-order valence-corrected chi connectivity index (χ4v) is 29.0. The van der Waals surface area contributed by atoms with E-state index >= 15 is 0 Å². The van der Waals surface area contributed by atoms with E-state index in [4.69, 9.17) is 54.4 Å². The zero-order chi connectivity index (χ0) is 30.9. The molecule has 5 aliphatic heterocycles. The summed E-state index contributed by atoms with van der Waals surface area (Å²) < 4.78 is 73.7. The second kappa shape index (κ2) is 16.7. The van der Waals surface area contributed by atoms with Gasteiger partial charge in [-0.15, -0.1) is 0 Å². The molecule has 5 heterocycles. The van der Waals surface area contributed by atoms with Gasteiger partial charge >= 0.3 is 34.2 Å². The maximum Gasteiger partial charge on any atom is 0.317 e. The van der Waals surface area contributed by atoms with E-state index in [9.17, 15) is 0 Å². The average molecular weight is 697 g/mol. The highest BCUT2D eigenvalue weighted by Crippen LogP contribution is 2.39. The molecule has 5 fully saturated rings. The van der Waals surface area contributed by atoms with Crippen molar-refractivity contribution in [2.45, 2.75) is 100 Å². The van der Waals surface area contributed by atoms with E-state index in [1.54, 1.807) is 0 Å². The highest BCUT2D eigenvalue weighted by molar-refractivity contribution is 6.93. The summed E-state index contributed by atoms with van der Waals surface area (Å²) in [5.41, 5.74) is 0. The van der Waals surface area contributed by atoms with E-state index in [2.05, 4.69) is 26.2 Å². The van der Waals surface area contributed by atoms with E-state index in [1.165, 1.54) is 0 Å². The quantitative estimate of drug-likeness (QED) is 0.0833. The molecule has 44 heavy (non-hydrogen) atoms. The molecule has 0 spiro atoms. The van der Waals surface area contributed by atoms with Crippen LogP contribution in [0.15, 0.2) is 0 Å². The molecule has 5 saturated heterocycles. The van der Waals surface area contributed by atoms with Crippen LogP contribution < -0.4 is 0 Å². The van der Waals surface area contributed by atoms with Gasteiger partial charge < -0.3 is 54.4 Å². The zero-order valence-electron chi connectivity index (χ0n) is 27.4. The Labute approximate surface area is 267 Å².